The molecule has 4 rings (SSSR count). The van der Waals surface area contributed by atoms with Crippen LogP contribution in [-0.4, -0.2) is 31.7 Å². The first-order chi connectivity index (χ1) is 12.7. The Bertz CT molecular complexity index is 894. The highest BCUT2D eigenvalue weighted by atomic mass is 16.4. The monoisotopic (exact) mass is 367 g/mol. The number of nitrogens with zero attached hydrogens (tertiary/aromatic N) is 1. The van der Waals surface area contributed by atoms with Gasteiger partial charge in [-0.1, -0.05) is 19.1 Å². The molecule has 5 heteroatoms. The summed E-state index contributed by atoms with van der Waals surface area (Å²) in [6, 6.07) is 10.2. The van der Waals surface area contributed by atoms with E-state index in [0.29, 0.717) is 17.7 Å². The first-order valence-electron chi connectivity index (χ1n) is 9.46. The van der Waals surface area contributed by atoms with Gasteiger partial charge >= 0.3 is 0 Å². The van der Waals surface area contributed by atoms with Crippen molar-refractivity contribution in [3.63, 3.8) is 0 Å². The molecule has 0 radical (unpaired) electrons. The molecule has 0 bridgehead atoms. The summed E-state index contributed by atoms with van der Waals surface area (Å²) in [7, 11) is 0. The summed E-state index contributed by atoms with van der Waals surface area (Å²) in [5.41, 5.74) is -1.53. The molecule has 2 aromatic rings. The molecular formula is C22H25NO4. The van der Waals surface area contributed by atoms with E-state index in [0.717, 1.165) is 12.0 Å². The van der Waals surface area contributed by atoms with Gasteiger partial charge in [0.15, 0.2) is 5.78 Å². The summed E-state index contributed by atoms with van der Waals surface area (Å²) in [5, 5.41) is 32.8. The van der Waals surface area contributed by atoms with Gasteiger partial charge in [0.2, 0.25) is 0 Å². The number of phenolic OH excluding ortho intramolecular Hbond substituents is 1. The number of aliphatic hydroxyl groups is 2. The van der Waals surface area contributed by atoms with Gasteiger partial charge in [-0.3, -0.25) is 9.78 Å². The zero-order valence-corrected chi connectivity index (χ0v) is 15.6. The summed E-state index contributed by atoms with van der Waals surface area (Å²) in [4.78, 5) is 17.1. The molecule has 2 aliphatic carbocycles. The Hall–Kier alpha value is -2.24. The van der Waals surface area contributed by atoms with E-state index in [9.17, 15) is 20.1 Å². The van der Waals surface area contributed by atoms with E-state index < -0.39 is 16.6 Å². The molecular weight excluding hydrogens is 342 g/mol. The minimum Gasteiger partial charge on any atom is -0.508 e. The van der Waals surface area contributed by atoms with Crippen molar-refractivity contribution in [3.05, 3.63) is 59.4 Å². The van der Waals surface area contributed by atoms with E-state index in [1.807, 2.05) is 0 Å². The predicted octanol–water partition coefficient (Wildman–Crippen LogP) is 3.07. The topological polar surface area (TPSA) is 90.7 Å². The zero-order chi connectivity index (χ0) is 19.4. The third kappa shape index (κ3) is 2.45. The van der Waals surface area contributed by atoms with Crippen molar-refractivity contribution >= 4 is 5.78 Å². The van der Waals surface area contributed by atoms with Crippen molar-refractivity contribution < 1.29 is 20.1 Å². The van der Waals surface area contributed by atoms with E-state index >= 15 is 0 Å². The van der Waals surface area contributed by atoms with Crippen molar-refractivity contribution in [2.45, 2.75) is 56.1 Å². The molecule has 142 valence electrons. The molecule has 0 saturated heterocycles. The van der Waals surface area contributed by atoms with Crippen LogP contribution >= 0.6 is 0 Å². The molecule has 2 aliphatic rings. The second-order valence-corrected chi connectivity index (χ2v) is 8.29. The quantitative estimate of drug-likeness (QED) is 0.759. The van der Waals surface area contributed by atoms with Crippen molar-refractivity contribution in [2.24, 2.45) is 5.92 Å². The number of benzene rings is 1. The number of carbonyl (C=O) groups excluding carboxylic acids is 1. The van der Waals surface area contributed by atoms with Gasteiger partial charge in [-0.05, 0) is 61.9 Å². The lowest BCUT2D eigenvalue weighted by molar-refractivity contribution is -0.205. The Balaban J connectivity index is 1.87. The number of Topliss-reactive ketones (excluding diaryl/α,β-unsaturated/α-hetero) is 1. The molecule has 5 nitrogen and oxygen atoms in total. The zero-order valence-electron chi connectivity index (χ0n) is 15.6. The number of phenols is 1. The maximum absolute atomic E-state index is 12.8. The summed E-state index contributed by atoms with van der Waals surface area (Å²) < 4.78 is 0. The maximum Gasteiger partial charge on any atom is 0.163 e. The van der Waals surface area contributed by atoms with Gasteiger partial charge in [0, 0.05) is 23.6 Å². The predicted molar refractivity (Wildman–Crippen MR) is 101 cm³/mol. The number of ketones is 1. The van der Waals surface area contributed by atoms with Crippen LogP contribution < -0.4 is 0 Å². The van der Waals surface area contributed by atoms with Crippen LogP contribution in [0.3, 0.4) is 0 Å². The Morgan fingerprint density at radius 1 is 1.22 bits per heavy atom. The van der Waals surface area contributed by atoms with Crippen LogP contribution in [0.25, 0.3) is 0 Å². The first kappa shape index (κ1) is 18.1. The molecule has 1 fully saturated rings. The second-order valence-electron chi connectivity index (χ2n) is 8.29. The number of pyridine rings is 1. The van der Waals surface area contributed by atoms with Crippen molar-refractivity contribution in [2.75, 3.05) is 0 Å². The van der Waals surface area contributed by atoms with E-state index in [4.69, 9.17) is 0 Å². The fourth-order valence-corrected chi connectivity index (χ4v) is 5.38. The minimum absolute atomic E-state index is 0.0279. The van der Waals surface area contributed by atoms with Crippen LogP contribution in [0, 0.1) is 5.92 Å². The number of hydrogen-bond donors (Lipinski definition) is 3. The SMILES string of the molecule is CCC12CC(C)(O)C(O)(c3ccccn3)CC1CC(=O)c1cc(O)ccc12. The minimum atomic E-state index is -1.52. The van der Waals surface area contributed by atoms with Gasteiger partial charge in [0.05, 0.1) is 11.3 Å². The highest BCUT2D eigenvalue weighted by Gasteiger charge is 2.62. The molecule has 3 N–H and O–H groups in total. The third-order valence-electron chi connectivity index (χ3n) is 6.87. The van der Waals surface area contributed by atoms with Gasteiger partial charge in [0.25, 0.3) is 0 Å². The normalized spacial score (nSPS) is 35.4. The summed E-state index contributed by atoms with van der Waals surface area (Å²) in [6.07, 6.45) is 3.21. The van der Waals surface area contributed by atoms with Crippen LogP contribution in [0.4, 0.5) is 0 Å². The summed E-state index contributed by atoms with van der Waals surface area (Å²) in [6.45, 7) is 3.71. The molecule has 0 aliphatic heterocycles. The van der Waals surface area contributed by atoms with Crippen LogP contribution in [0.2, 0.25) is 0 Å². The largest absolute Gasteiger partial charge is 0.508 e. The van der Waals surface area contributed by atoms with Crippen molar-refractivity contribution in [3.8, 4) is 5.75 Å². The maximum atomic E-state index is 12.8. The average Bonchev–Trinajstić information content (AvgIpc) is 2.64. The van der Waals surface area contributed by atoms with Gasteiger partial charge in [0.1, 0.15) is 11.4 Å². The van der Waals surface area contributed by atoms with Crippen LogP contribution in [-0.2, 0) is 11.0 Å². The summed E-state index contributed by atoms with van der Waals surface area (Å²) in [5.74, 6) is -0.0708. The van der Waals surface area contributed by atoms with Gasteiger partial charge in [-0.25, -0.2) is 0 Å². The molecule has 0 spiro atoms. The fraction of sp³-hybridized carbons (Fsp3) is 0.455. The molecule has 1 heterocycles. The molecule has 27 heavy (non-hydrogen) atoms. The van der Waals surface area contributed by atoms with Crippen LogP contribution in [0.1, 0.15) is 61.1 Å². The molecule has 1 saturated carbocycles. The number of fused-ring (bicyclic) bond motifs is 3. The number of aromatic hydroxyl groups is 1. The van der Waals surface area contributed by atoms with Gasteiger partial charge < -0.3 is 15.3 Å². The Morgan fingerprint density at radius 3 is 2.67 bits per heavy atom. The smallest absolute Gasteiger partial charge is 0.163 e. The molecule has 1 aromatic carbocycles. The Kier molecular flexibility index (Phi) is 3.95. The fourth-order valence-electron chi connectivity index (χ4n) is 5.38. The van der Waals surface area contributed by atoms with Gasteiger partial charge in [-0.15, -0.1) is 0 Å². The number of carbonyl (C=O) groups is 1. The Morgan fingerprint density at radius 2 is 2.00 bits per heavy atom. The van der Waals surface area contributed by atoms with Gasteiger partial charge in [-0.2, -0.15) is 0 Å². The summed E-state index contributed by atoms with van der Waals surface area (Å²) >= 11 is 0. The van der Waals surface area contributed by atoms with E-state index in [1.54, 1.807) is 43.5 Å². The van der Waals surface area contributed by atoms with Crippen LogP contribution in [0.5, 0.6) is 5.75 Å². The van der Waals surface area contributed by atoms with Crippen molar-refractivity contribution in [1.29, 1.82) is 0 Å². The highest BCUT2D eigenvalue weighted by Crippen LogP contribution is 2.59. The number of aromatic nitrogens is 1. The lowest BCUT2D eigenvalue weighted by Crippen LogP contribution is -2.62. The molecule has 4 atom stereocenters. The van der Waals surface area contributed by atoms with E-state index in [2.05, 4.69) is 11.9 Å². The highest BCUT2D eigenvalue weighted by molar-refractivity contribution is 6.00. The van der Waals surface area contributed by atoms with E-state index in [1.165, 1.54) is 6.07 Å². The lowest BCUT2D eigenvalue weighted by atomic mass is 9.49. The lowest BCUT2D eigenvalue weighted by Gasteiger charge is -2.58. The van der Waals surface area contributed by atoms with Crippen molar-refractivity contribution in [1.82, 2.24) is 4.98 Å². The second kappa shape index (κ2) is 5.88. The third-order valence-corrected chi connectivity index (χ3v) is 6.87. The Labute approximate surface area is 158 Å². The van der Waals surface area contributed by atoms with E-state index in [-0.39, 0.29) is 30.3 Å². The number of rotatable bonds is 2. The average molecular weight is 367 g/mol. The van der Waals surface area contributed by atoms with Crippen LogP contribution in [0.15, 0.2) is 42.6 Å². The molecule has 0 amide bonds. The molecule has 1 aromatic heterocycles. The molecule has 4 unspecified atom stereocenters. The standard InChI is InChI=1S/C22H25NO4/c1-3-21-13-20(2,26)22(27,19-6-4-5-9-23-19)12-14(21)10-18(25)16-11-15(24)7-8-17(16)21/h4-9,11,14,24,26-27H,3,10,12-13H2,1-2H3. The first-order valence-corrected chi connectivity index (χ1v) is 9.46. The number of hydrogen-bond acceptors (Lipinski definition) is 5.